The molecule has 0 radical (unpaired) electrons. The van der Waals surface area contributed by atoms with Gasteiger partial charge in [-0.3, -0.25) is 9.89 Å². The largest absolute Gasteiger partial charge is 0.486 e. The van der Waals surface area contributed by atoms with Crippen molar-refractivity contribution in [2.45, 2.75) is 25.7 Å². The molecule has 2 aromatic rings. The Labute approximate surface area is 134 Å². The van der Waals surface area contributed by atoms with E-state index in [0.29, 0.717) is 19.0 Å². The van der Waals surface area contributed by atoms with E-state index in [1.54, 1.807) is 0 Å². The first kappa shape index (κ1) is 14.1. The molecule has 2 atom stereocenters. The molecule has 0 spiro atoms. The molecule has 2 aliphatic rings. The molecule has 1 aromatic heterocycles. The highest BCUT2D eigenvalue weighted by Gasteiger charge is 2.44. The highest BCUT2D eigenvalue weighted by atomic mass is 16.6. The summed E-state index contributed by atoms with van der Waals surface area (Å²) in [6.07, 6.45) is 1.72. The van der Waals surface area contributed by atoms with Gasteiger partial charge in [-0.05, 0) is 36.5 Å². The number of nitrogens with zero attached hydrogens (tertiary/aromatic N) is 1. The van der Waals surface area contributed by atoms with Crippen LogP contribution in [0.4, 0.5) is 5.82 Å². The van der Waals surface area contributed by atoms with Crippen LogP contribution in [0, 0.1) is 5.92 Å². The molecule has 120 valence electrons. The fraction of sp³-hybridized carbons (Fsp3) is 0.412. The van der Waals surface area contributed by atoms with Crippen LogP contribution in [0.5, 0.6) is 11.5 Å². The van der Waals surface area contributed by atoms with Gasteiger partial charge < -0.3 is 14.8 Å². The average molecular weight is 313 g/mol. The van der Waals surface area contributed by atoms with Crippen molar-refractivity contribution in [3.8, 4) is 11.5 Å². The summed E-state index contributed by atoms with van der Waals surface area (Å²) in [6.45, 7) is 3.20. The number of nitrogens with one attached hydrogen (secondary N) is 2. The number of aromatic amines is 1. The van der Waals surface area contributed by atoms with E-state index in [2.05, 4.69) is 15.5 Å². The van der Waals surface area contributed by atoms with E-state index in [4.69, 9.17) is 9.47 Å². The number of hydrogen-bond acceptors (Lipinski definition) is 4. The lowest BCUT2D eigenvalue weighted by molar-refractivity contribution is -0.117. The van der Waals surface area contributed by atoms with E-state index in [-0.39, 0.29) is 17.7 Å². The first-order valence-corrected chi connectivity index (χ1v) is 7.99. The van der Waals surface area contributed by atoms with Crippen LogP contribution >= 0.6 is 0 Å². The van der Waals surface area contributed by atoms with Gasteiger partial charge in [0, 0.05) is 17.7 Å². The summed E-state index contributed by atoms with van der Waals surface area (Å²) in [5, 5.41) is 9.88. The van der Waals surface area contributed by atoms with Gasteiger partial charge in [0.1, 0.15) is 13.2 Å². The van der Waals surface area contributed by atoms with Crippen molar-refractivity contribution in [3.05, 3.63) is 35.5 Å². The third-order valence-corrected chi connectivity index (χ3v) is 4.38. The predicted octanol–water partition coefficient (Wildman–Crippen LogP) is 2.49. The molecule has 6 nitrogen and oxygen atoms in total. The summed E-state index contributed by atoms with van der Waals surface area (Å²) in [4.78, 5) is 12.3. The second-order valence-electron chi connectivity index (χ2n) is 5.97. The average Bonchev–Trinajstić information content (AvgIpc) is 3.27. The van der Waals surface area contributed by atoms with Crippen molar-refractivity contribution in [1.29, 1.82) is 0 Å². The maximum Gasteiger partial charge on any atom is 0.229 e. The molecule has 2 N–H and O–H groups in total. The second kappa shape index (κ2) is 5.61. The number of carbonyl (C=O) groups is 1. The number of carbonyl (C=O) groups excluding carboxylic acids is 1. The second-order valence-corrected chi connectivity index (χ2v) is 5.97. The SMILES string of the molecule is CCc1cc(NC(=O)C2CC2c2ccc3c(c2)OCCO3)n[nH]1. The lowest BCUT2D eigenvalue weighted by Gasteiger charge is -2.18. The van der Waals surface area contributed by atoms with E-state index in [1.807, 2.05) is 31.2 Å². The molecule has 0 saturated heterocycles. The van der Waals surface area contributed by atoms with Crippen LogP contribution in [-0.2, 0) is 11.2 Å². The Morgan fingerprint density at radius 1 is 1.30 bits per heavy atom. The molecule has 1 amide bonds. The summed E-state index contributed by atoms with van der Waals surface area (Å²) in [6, 6.07) is 7.82. The number of H-pyrrole nitrogens is 1. The number of hydrogen-bond donors (Lipinski definition) is 2. The molecular formula is C17H19N3O3. The summed E-state index contributed by atoms with van der Waals surface area (Å²) in [7, 11) is 0. The molecule has 1 fully saturated rings. The maximum atomic E-state index is 12.3. The number of aryl methyl sites for hydroxylation is 1. The molecule has 0 bridgehead atoms. The van der Waals surface area contributed by atoms with E-state index in [9.17, 15) is 4.79 Å². The summed E-state index contributed by atoms with van der Waals surface area (Å²) in [5.41, 5.74) is 2.14. The fourth-order valence-electron chi connectivity index (χ4n) is 2.97. The fourth-order valence-corrected chi connectivity index (χ4v) is 2.97. The minimum atomic E-state index is -0.000615. The Bertz CT molecular complexity index is 740. The molecule has 4 rings (SSSR count). The Morgan fingerprint density at radius 2 is 2.13 bits per heavy atom. The predicted molar refractivity (Wildman–Crippen MR) is 84.9 cm³/mol. The Morgan fingerprint density at radius 3 is 2.91 bits per heavy atom. The lowest BCUT2D eigenvalue weighted by Crippen LogP contribution is -2.16. The topological polar surface area (TPSA) is 76.2 Å². The van der Waals surface area contributed by atoms with Crippen LogP contribution in [-0.4, -0.2) is 29.3 Å². The van der Waals surface area contributed by atoms with Crippen LogP contribution in [0.25, 0.3) is 0 Å². The van der Waals surface area contributed by atoms with Gasteiger partial charge in [-0.2, -0.15) is 5.10 Å². The van der Waals surface area contributed by atoms with Crippen molar-refractivity contribution < 1.29 is 14.3 Å². The van der Waals surface area contributed by atoms with E-state index >= 15 is 0 Å². The van der Waals surface area contributed by atoms with Crippen LogP contribution in [0.1, 0.15) is 30.5 Å². The number of anilines is 1. The van der Waals surface area contributed by atoms with Crippen LogP contribution in [0.3, 0.4) is 0 Å². The lowest BCUT2D eigenvalue weighted by atomic mass is 10.1. The molecule has 2 heterocycles. The molecule has 1 aliphatic heterocycles. The third-order valence-electron chi connectivity index (χ3n) is 4.38. The van der Waals surface area contributed by atoms with Gasteiger partial charge in [-0.25, -0.2) is 0 Å². The molecule has 1 saturated carbocycles. The quantitative estimate of drug-likeness (QED) is 0.909. The normalized spacial score (nSPS) is 21.8. The van der Waals surface area contributed by atoms with E-state index in [0.717, 1.165) is 35.6 Å². The van der Waals surface area contributed by atoms with Gasteiger partial charge in [0.2, 0.25) is 5.91 Å². The maximum absolute atomic E-state index is 12.3. The van der Waals surface area contributed by atoms with Crippen molar-refractivity contribution in [2.75, 3.05) is 18.5 Å². The number of fused-ring (bicyclic) bond motifs is 1. The van der Waals surface area contributed by atoms with Gasteiger partial charge in [0.15, 0.2) is 17.3 Å². The van der Waals surface area contributed by atoms with Gasteiger partial charge in [-0.1, -0.05) is 13.0 Å². The first-order chi connectivity index (χ1) is 11.2. The van der Waals surface area contributed by atoms with Gasteiger partial charge in [0.05, 0.1) is 0 Å². The Kier molecular flexibility index (Phi) is 3.44. The first-order valence-electron chi connectivity index (χ1n) is 7.99. The number of aromatic nitrogens is 2. The monoisotopic (exact) mass is 313 g/mol. The minimum absolute atomic E-state index is 0.000615. The van der Waals surface area contributed by atoms with Crippen molar-refractivity contribution in [3.63, 3.8) is 0 Å². The Balaban J connectivity index is 1.42. The minimum Gasteiger partial charge on any atom is -0.486 e. The number of ether oxygens (including phenoxy) is 2. The van der Waals surface area contributed by atoms with E-state index in [1.165, 1.54) is 0 Å². The number of amides is 1. The zero-order chi connectivity index (χ0) is 15.8. The Hall–Kier alpha value is -2.50. The zero-order valence-corrected chi connectivity index (χ0v) is 13.0. The highest BCUT2D eigenvalue weighted by Crippen LogP contribution is 2.49. The number of benzene rings is 1. The third kappa shape index (κ3) is 2.76. The van der Waals surface area contributed by atoms with Gasteiger partial charge in [-0.15, -0.1) is 0 Å². The van der Waals surface area contributed by atoms with Gasteiger partial charge >= 0.3 is 0 Å². The molecule has 1 aliphatic carbocycles. The van der Waals surface area contributed by atoms with Crippen molar-refractivity contribution in [2.24, 2.45) is 5.92 Å². The zero-order valence-electron chi connectivity index (χ0n) is 13.0. The molecule has 2 unspecified atom stereocenters. The summed E-state index contributed by atoms with van der Waals surface area (Å²) < 4.78 is 11.1. The molecular weight excluding hydrogens is 294 g/mol. The molecule has 6 heteroatoms. The summed E-state index contributed by atoms with van der Waals surface area (Å²) >= 11 is 0. The van der Waals surface area contributed by atoms with Crippen molar-refractivity contribution in [1.82, 2.24) is 10.2 Å². The molecule has 23 heavy (non-hydrogen) atoms. The van der Waals surface area contributed by atoms with Crippen molar-refractivity contribution >= 4 is 11.7 Å². The molecule has 1 aromatic carbocycles. The van der Waals surface area contributed by atoms with Crippen LogP contribution in [0.2, 0.25) is 0 Å². The highest BCUT2D eigenvalue weighted by molar-refractivity contribution is 5.94. The summed E-state index contributed by atoms with van der Waals surface area (Å²) in [5.74, 6) is 2.43. The smallest absolute Gasteiger partial charge is 0.229 e. The van der Waals surface area contributed by atoms with Gasteiger partial charge in [0.25, 0.3) is 0 Å². The van der Waals surface area contributed by atoms with E-state index < -0.39 is 0 Å². The number of rotatable bonds is 4. The van der Waals surface area contributed by atoms with Crippen LogP contribution in [0.15, 0.2) is 24.3 Å². The van der Waals surface area contributed by atoms with Crippen LogP contribution < -0.4 is 14.8 Å². The standard InChI is InChI=1S/C17H19N3O3/c1-2-11-8-16(20-19-11)18-17(21)13-9-12(13)10-3-4-14-15(7-10)23-6-5-22-14/h3-4,7-8,12-13H,2,5-6,9H2,1H3,(H2,18,19,20,21).